The van der Waals surface area contributed by atoms with Crippen molar-refractivity contribution in [2.75, 3.05) is 50.8 Å². The molecule has 3 heterocycles. The molecule has 0 aliphatic carbocycles. The highest BCUT2D eigenvalue weighted by Gasteiger charge is 2.36. The van der Waals surface area contributed by atoms with Crippen LogP contribution in [0.2, 0.25) is 0 Å². The molecular weight excluding hydrogens is 354 g/mol. The number of hydrogen-bond acceptors (Lipinski definition) is 5. The minimum atomic E-state index is -2.88. The Kier molecular flexibility index (Phi) is 6.22. The molecule has 1 atom stereocenters. The van der Waals surface area contributed by atoms with E-state index >= 15 is 0 Å². The number of nitrogens with zero attached hydrogens (tertiary/aromatic N) is 3. The summed E-state index contributed by atoms with van der Waals surface area (Å²) in [4.78, 5) is 31.1. The van der Waals surface area contributed by atoms with Crippen LogP contribution in [0.4, 0.5) is 0 Å². The predicted molar refractivity (Wildman–Crippen MR) is 99.4 cm³/mol. The van der Waals surface area contributed by atoms with Gasteiger partial charge in [0.25, 0.3) is 0 Å². The van der Waals surface area contributed by atoms with Crippen molar-refractivity contribution in [3.63, 3.8) is 0 Å². The number of hydrogen-bond donors (Lipinski definition) is 0. The summed E-state index contributed by atoms with van der Waals surface area (Å²) in [7, 11) is -2.88. The molecule has 3 rings (SSSR count). The maximum Gasteiger partial charge on any atom is 0.239 e. The Labute approximate surface area is 156 Å². The normalized spacial score (nSPS) is 26.0. The molecule has 1 unspecified atom stereocenters. The number of piperazine rings is 1. The van der Waals surface area contributed by atoms with E-state index in [1.54, 1.807) is 4.90 Å². The molecule has 8 heteroatoms. The smallest absolute Gasteiger partial charge is 0.239 e. The average molecular weight is 386 g/mol. The Balaban J connectivity index is 1.43. The molecule has 3 saturated heterocycles. The second kappa shape index (κ2) is 8.25. The summed E-state index contributed by atoms with van der Waals surface area (Å²) in [6, 6.07) is -0.0875. The number of amides is 2. The summed E-state index contributed by atoms with van der Waals surface area (Å²) < 4.78 is 22.4. The molecule has 0 aromatic carbocycles. The van der Waals surface area contributed by atoms with Crippen LogP contribution >= 0.6 is 0 Å². The van der Waals surface area contributed by atoms with Gasteiger partial charge in [0.1, 0.15) is 0 Å². The zero-order valence-corrected chi connectivity index (χ0v) is 16.5. The first kappa shape index (κ1) is 19.6. The van der Waals surface area contributed by atoms with Crippen LogP contribution in [-0.4, -0.2) is 91.7 Å². The third kappa shape index (κ3) is 4.76. The van der Waals surface area contributed by atoms with E-state index in [1.807, 2.05) is 11.8 Å². The van der Waals surface area contributed by atoms with Crippen LogP contribution in [-0.2, 0) is 19.4 Å². The number of carbonyl (C=O) groups is 2. The van der Waals surface area contributed by atoms with Crippen LogP contribution in [0.3, 0.4) is 0 Å². The molecule has 3 aliphatic rings. The van der Waals surface area contributed by atoms with Gasteiger partial charge in [-0.2, -0.15) is 0 Å². The van der Waals surface area contributed by atoms with E-state index in [2.05, 4.69) is 4.90 Å². The summed E-state index contributed by atoms with van der Waals surface area (Å²) >= 11 is 0. The molecular formula is C18H31N3O4S. The fourth-order valence-corrected chi connectivity index (χ4v) is 5.82. The van der Waals surface area contributed by atoms with E-state index in [-0.39, 0.29) is 35.3 Å². The molecule has 26 heavy (non-hydrogen) atoms. The minimum absolute atomic E-state index is 0.0183. The molecule has 0 aromatic heterocycles. The molecule has 0 N–H and O–H groups in total. The minimum Gasteiger partial charge on any atom is -0.339 e. The van der Waals surface area contributed by atoms with E-state index < -0.39 is 9.84 Å². The van der Waals surface area contributed by atoms with Crippen molar-refractivity contribution in [1.82, 2.24) is 14.7 Å². The van der Waals surface area contributed by atoms with Crippen LogP contribution in [0.25, 0.3) is 0 Å². The van der Waals surface area contributed by atoms with Gasteiger partial charge < -0.3 is 9.80 Å². The Morgan fingerprint density at radius 2 is 1.42 bits per heavy atom. The van der Waals surface area contributed by atoms with Gasteiger partial charge in [-0.1, -0.05) is 12.8 Å². The van der Waals surface area contributed by atoms with Crippen molar-refractivity contribution in [2.45, 2.75) is 45.1 Å². The molecule has 7 nitrogen and oxygen atoms in total. The highest BCUT2D eigenvalue weighted by atomic mass is 32.2. The SMILES string of the molecule is CC(C(=O)N1CCN(C(=O)CC2CS(=O)(=O)C2)CC1)N1CCCCCC1. The maximum absolute atomic E-state index is 12.8. The third-order valence-corrected chi connectivity index (χ3v) is 7.89. The Bertz CT molecular complexity index is 608. The molecule has 148 valence electrons. The van der Waals surface area contributed by atoms with E-state index in [4.69, 9.17) is 0 Å². The van der Waals surface area contributed by atoms with Gasteiger partial charge in [-0.25, -0.2) is 8.42 Å². The fourth-order valence-electron chi connectivity index (χ4n) is 4.24. The number of rotatable bonds is 4. The molecule has 0 radical (unpaired) electrons. The van der Waals surface area contributed by atoms with E-state index in [1.165, 1.54) is 12.8 Å². The van der Waals surface area contributed by atoms with Crippen molar-refractivity contribution in [3.8, 4) is 0 Å². The largest absolute Gasteiger partial charge is 0.339 e. The van der Waals surface area contributed by atoms with Crippen molar-refractivity contribution in [1.29, 1.82) is 0 Å². The summed E-state index contributed by atoms with van der Waals surface area (Å²) in [5, 5.41) is 0. The van der Waals surface area contributed by atoms with E-state index in [0.717, 1.165) is 25.9 Å². The first-order valence-electron chi connectivity index (χ1n) is 9.87. The van der Waals surface area contributed by atoms with Crippen molar-refractivity contribution in [3.05, 3.63) is 0 Å². The fraction of sp³-hybridized carbons (Fsp3) is 0.889. The van der Waals surface area contributed by atoms with Crippen molar-refractivity contribution in [2.24, 2.45) is 5.92 Å². The lowest BCUT2D eigenvalue weighted by Crippen LogP contribution is -2.55. The predicted octanol–water partition coefficient (Wildman–Crippen LogP) is 0.356. The van der Waals surface area contributed by atoms with Gasteiger partial charge >= 0.3 is 0 Å². The number of carbonyl (C=O) groups excluding carboxylic acids is 2. The quantitative estimate of drug-likeness (QED) is 0.698. The van der Waals surface area contributed by atoms with Crippen LogP contribution in [0, 0.1) is 5.92 Å². The standard InChI is InChI=1S/C18H31N3O4S/c1-15(19-6-4-2-3-5-7-19)18(23)21-10-8-20(9-11-21)17(22)12-16-13-26(24,25)14-16/h15-16H,2-14H2,1H3. The van der Waals surface area contributed by atoms with Crippen LogP contribution in [0.15, 0.2) is 0 Å². The van der Waals surface area contributed by atoms with E-state index in [0.29, 0.717) is 32.6 Å². The first-order valence-corrected chi connectivity index (χ1v) is 11.7. The van der Waals surface area contributed by atoms with Gasteiger partial charge in [-0.3, -0.25) is 14.5 Å². The number of sulfone groups is 1. The van der Waals surface area contributed by atoms with Gasteiger partial charge in [-0.15, -0.1) is 0 Å². The summed E-state index contributed by atoms with van der Waals surface area (Å²) in [6.45, 7) is 6.25. The average Bonchev–Trinajstić information content (AvgIpc) is 2.88. The molecule has 0 saturated carbocycles. The Morgan fingerprint density at radius 3 is 1.96 bits per heavy atom. The maximum atomic E-state index is 12.8. The van der Waals surface area contributed by atoms with Gasteiger partial charge in [0, 0.05) is 32.6 Å². The lowest BCUT2D eigenvalue weighted by Gasteiger charge is -2.38. The molecule has 0 spiro atoms. The summed E-state index contributed by atoms with van der Waals surface area (Å²) in [5.74, 6) is 0.464. The molecule has 3 fully saturated rings. The van der Waals surface area contributed by atoms with Gasteiger partial charge in [0.2, 0.25) is 11.8 Å². The topological polar surface area (TPSA) is 78.0 Å². The Morgan fingerprint density at radius 1 is 0.885 bits per heavy atom. The highest BCUT2D eigenvalue weighted by Crippen LogP contribution is 2.23. The lowest BCUT2D eigenvalue weighted by molar-refractivity contribution is -0.143. The second-order valence-electron chi connectivity index (χ2n) is 7.98. The van der Waals surface area contributed by atoms with Crippen LogP contribution in [0.5, 0.6) is 0 Å². The van der Waals surface area contributed by atoms with Crippen molar-refractivity contribution >= 4 is 21.7 Å². The molecule has 2 amide bonds. The second-order valence-corrected chi connectivity index (χ2v) is 10.1. The third-order valence-electron chi connectivity index (χ3n) is 5.93. The summed E-state index contributed by atoms with van der Waals surface area (Å²) in [5.41, 5.74) is 0. The Hall–Kier alpha value is -1.15. The van der Waals surface area contributed by atoms with Gasteiger partial charge in [0.15, 0.2) is 9.84 Å². The van der Waals surface area contributed by atoms with E-state index in [9.17, 15) is 18.0 Å². The van der Waals surface area contributed by atoms with Crippen molar-refractivity contribution < 1.29 is 18.0 Å². The lowest BCUT2D eigenvalue weighted by atomic mass is 10.1. The number of likely N-dealkylation sites (tertiary alicyclic amines) is 1. The van der Waals surface area contributed by atoms with Gasteiger partial charge in [-0.05, 0) is 38.8 Å². The van der Waals surface area contributed by atoms with Gasteiger partial charge in [0.05, 0.1) is 17.5 Å². The molecule has 3 aliphatic heterocycles. The molecule has 0 bridgehead atoms. The van der Waals surface area contributed by atoms with Crippen LogP contribution in [0.1, 0.15) is 39.0 Å². The molecule has 0 aromatic rings. The monoisotopic (exact) mass is 385 g/mol. The van der Waals surface area contributed by atoms with Crippen LogP contribution < -0.4 is 0 Å². The zero-order valence-electron chi connectivity index (χ0n) is 15.7. The zero-order chi connectivity index (χ0) is 18.7. The summed E-state index contributed by atoms with van der Waals surface area (Å²) in [6.07, 6.45) is 5.14. The first-order chi connectivity index (χ1) is 12.4. The highest BCUT2D eigenvalue weighted by molar-refractivity contribution is 7.92.